The van der Waals surface area contributed by atoms with Crippen LogP contribution in [0, 0.1) is 17.8 Å². The van der Waals surface area contributed by atoms with Crippen molar-refractivity contribution in [3.63, 3.8) is 0 Å². The van der Waals surface area contributed by atoms with Crippen LogP contribution in [0.4, 0.5) is 0 Å². The van der Waals surface area contributed by atoms with E-state index >= 15 is 0 Å². The molecule has 0 aliphatic heterocycles. The Morgan fingerprint density at radius 3 is 2.57 bits per heavy atom. The molecular formula is C18H15ClO2. The van der Waals surface area contributed by atoms with E-state index in [1.165, 1.54) is 0 Å². The molecule has 0 saturated heterocycles. The number of hydrogen-bond acceptors (Lipinski definition) is 1. The van der Waals surface area contributed by atoms with Gasteiger partial charge < -0.3 is 5.11 Å². The molecule has 2 aromatic rings. The van der Waals surface area contributed by atoms with Crippen LogP contribution in [0.1, 0.15) is 17.5 Å². The maximum absolute atomic E-state index is 11.3. The zero-order valence-corrected chi connectivity index (χ0v) is 12.2. The van der Waals surface area contributed by atoms with Gasteiger partial charge in [0, 0.05) is 17.0 Å². The third kappa shape index (κ3) is 4.98. The predicted molar refractivity (Wildman–Crippen MR) is 84.2 cm³/mol. The Kier molecular flexibility index (Phi) is 5.43. The van der Waals surface area contributed by atoms with Gasteiger partial charge in [0.1, 0.15) is 0 Å². The molecular weight excluding hydrogens is 284 g/mol. The summed E-state index contributed by atoms with van der Waals surface area (Å²) in [6.45, 7) is 0. The summed E-state index contributed by atoms with van der Waals surface area (Å²) in [5, 5.41) is 9.92. The molecule has 2 rings (SSSR count). The molecule has 0 spiro atoms. The van der Waals surface area contributed by atoms with E-state index in [9.17, 15) is 9.90 Å². The lowest BCUT2D eigenvalue weighted by atomic mass is 9.96. The fourth-order valence-corrected chi connectivity index (χ4v) is 2.21. The predicted octanol–water partition coefficient (Wildman–Crippen LogP) is 4.03. The highest BCUT2D eigenvalue weighted by Gasteiger charge is 2.16. The third-order valence-corrected chi connectivity index (χ3v) is 3.31. The van der Waals surface area contributed by atoms with E-state index in [0.29, 0.717) is 17.9 Å². The Morgan fingerprint density at radius 1 is 1.14 bits per heavy atom. The van der Waals surface area contributed by atoms with Crippen molar-refractivity contribution in [3.05, 3.63) is 70.7 Å². The lowest BCUT2D eigenvalue weighted by Gasteiger charge is -2.09. The van der Waals surface area contributed by atoms with Gasteiger partial charge in [0.05, 0.1) is 5.92 Å². The van der Waals surface area contributed by atoms with Crippen molar-refractivity contribution in [1.82, 2.24) is 0 Å². The molecule has 0 bridgehead atoms. The lowest BCUT2D eigenvalue weighted by Crippen LogP contribution is -2.15. The maximum Gasteiger partial charge on any atom is 0.307 e. The first-order chi connectivity index (χ1) is 10.1. The minimum Gasteiger partial charge on any atom is -0.481 e. The van der Waals surface area contributed by atoms with Crippen molar-refractivity contribution in [2.24, 2.45) is 5.92 Å². The van der Waals surface area contributed by atoms with Crippen molar-refractivity contribution in [1.29, 1.82) is 0 Å². The molecule has 0 aliphatic rings. The normalized spacial score (nSPS) is 11.3. The third-order valence-electron chi connectivity index (χ3n) is 3.08. The number of carboxylic acid groups (broad SMARTS) is 1. The second-order valence-corrected chi connectivity index (χ2v) is 5.18. The van der Waals surface area contributed by atoms with Crippen molar-refractivity contribution in [2.45, 2.75) is 12.8 Å². The van der Waals surface area contributed by atoms with Crippen molar-refractivity contribution in [3.8, 4) is 11.8 Å². The zero-order valence-electron chi connectivity index (χ0n) is 11.4. The van der Waals surface area contributed by atoms with E-state index in [0.717, 1.165) is 11.1 Å². The van der Waals surface area contributed by atoms with Gasteiger partial charge in [0.15, 0.2) is 0 Å². The van der Waals surface area contributed by atoms with Crippen LogP contribution in [0.25, 0.3) is 0 Å². The van der Waals surface area contributed by atoms with Gasteiger partial charge in [-0.2, -0.15) is 0 Å². The van der Waals surface area contributed by atoms with Crippen molar-refractivity contribution in [2.75, 3.05) is 0 Å². The number of halogens is 1. The van der Waals surface area contributed by atoms with Crippen molar-refractivity contribution >= 4 is 17.6 Å². The first kappa shape index (κ1) is 15.2. The summed E-state index contributed by atoms with van der Waals surface area (Å²) >= 11 is 5.92. The van der Waals surface area contributed by atoms with Crippen LogP contribution >= 0.6 is 11.6 Å². The number of aliphatic carboxylic acids is 1. The van der Waals surface area contributed by atoms with E-state index in [1.54, 1.807) is 12.1 Å². The molecule has 3 heteroatoms. The molecule has 2 nitrogen and oxygen atoms in total. The van der Waals surface area contributed by atoms with E-state index in [2.05, 4.69) is 11.8 Å². The first-order valence-electron chi connectivity index (χ1n) is 6.66. The van der Waals surface area contributed by atoms with Gasteiger partial charge in [0.2, 0.25) is 0 Å². The van der Waals surface area contributed by atoms with Gasteiger partial charge in [-0.15, -0.1) is 0 Å². The zero-order chi connectivity index (χ0) is 15.1. The highest BCUT2D eigenvalue weighted by molar-refractivity contribution is 6.30. The van der Waals surface area contributed by atoms with Crippen molar-refractivity contribution < 1.29 is 9.90 Å². The average Bonchev–Trinajstić information content (AvgIpc) is 2.47. The topological polar surface area (TPSA) is 37.3 Å². The first-order valence-corrected chi connectivity index (χ1v) is 7.04. The molecule has 2 aromatic carbocycles. The summed E-state index contributed by atoms with van der Waals surface area (Å²) in [7, 11) is 0. The SMILES string of the molecule is O=C(O)C(CC#Cc1ccccc1)Cc1cccc(Cl)c1. The molecule has 0 saturated carbocycles. The van der Waals surface area contributed by atoms with Crippen LogP contribution in [0.5, 0.6) is 0 Å². The fraction of sp³-hybridized carbons (Fsp3) is 0.167. The van der Waals surface area contributed by atoms with Crippen LogP contribution in [0.15, 0.2) is 54.6 Å². The second kappa shape index (κ2) is 7.52. The Balaban J connectivity index is 2.03. The summed E-state index contributed by atoms with van der Waals surface area (Å²) in [5.74, 6) is 4.58. The number of rotatable bonds is 4. The summed E-state index contributed by atoms with van der Waals surface area (Å²) < 4.78 is 0. The molecule has 1 atom stereocenters. The highest BCUT2D eigenvalue weighted by atomic mass is 35.5. The summed E-state index contributed by atoms with van der Waals surface area (Å²) in [6.07, 6.45) is 0.746. The van der Waals surface area contributed by atoms with Gasteiger partial charge >= 0.3 is 5.97 Å². The molecule has 1 unspecified atom stereocenters. The Hall–Kier alpha value is -2.24. The smallest absolute Gasteiger partial charge is 0.307 e. The summed E-state index contributed by atoms with van der Waals surface area (Å²) in [6, 6.07) is 16.8. The van der Waals surface area contributed by atoms with Gasteiger partial charge in [-0.1, -0.05) is 53.8 Å². The minimum atomic E-state index is -0.836. The lowest BCUT2D eigenvalue weighted by molar-refractivity contribution is -0.141. The van der Waals surface area contributed by atoms with E-state index in [-0.39, 0.29) is 0 Å². The Bertz CT molecular complexity index is 668. The van der Waals surface area contributed by atoms with E-state index < -0.39 is 11.9 Å². The fourth-order valence-electron chi connectivity index (χ4n) is 1.99. The van der Waals surface area contributed by atoms with Crippen LogP contribution in [0.3, 0.4) is 0 Å². The van der Waals surface area contributed by atoms with Crippen LogP contribution < -0.4 is 0 Å². The van der Waals surface area contributed by atoms with Gasteiger partial charge in [-0.3, -0.25) is 4.79 Å². The second-order valence-electron chi connectivity index (χ2n) is 4.74. The molecule has 21 heavy (non-hydrogen) atoms. The van der Waals surface area contributed by atoms with Gasteiger partial charge in [-0.05, 0) is 36.2 Å². The molecule has 0 fully saturated rings. The van der Waals surface area contributed by atoms with Crippen LogP contribution in [-0.4, -0.2) is 11.1 Å². The Morgan fingerprint density at radius 2 is 1.90 bits per heavy atom. The monoisotopic (exact) mass is 298 g/mol. The molecule has 0 amide bonds. The number of carboxylic acids is 1. The van der Waals surface area contributed by atoms with Crippen LogP contribution in [-0.2, 0) is 11.2 Å². The number of benzene rings is 2. The summed E-state index contributed by atoms with van der Waals surface area (Å²) in [5.41, 5.74) is 1.81. The summed E-state index contributed by atoms with van der Waals surface area (Å²) in [4.78, 5) is 11.3. The molecule has 0 radical (unpaired) electrons. The molecule has 1 N–H and O–H groups in total. The Labute approximate surface area is 129 Å². The molecule has 106 valence electrons. The average molecular weight is 299 g/mol. The maximum atomic E-state index is 11.3. The van der Waals surface area contributed by atoms with Crippen LogP contribution in [0.2, 0.25) is 5.02 Å². The molecule has 0 aromatic heterocycles. The number of hydrogen-bond donors (Lipinski definition) is 1. The van der Waals surface area contributed by atoms with Gasteiger partial charge in [0.25, 0.3) is 0 Å². The largest absolute Gasteiger partial charge is 0.481 e. The standard InChI is InChI=1S/C18H15ClO2/c19-17-11-5-9-15(13-17)12-16(18(20)21)10-4-8-14-6-2-1-3-7-14/h1-3,5-7,9,11,13,16H,10,12H2,(H,20,21). The van der Waals surface area contributed by atoms with Gasteiger partial charge in [-0.25, -0.2) is 0 Å². The van der Waals surface area contributed by atoms with E-state index in [1.807, 2.05) is 42.5 Å². The molecule has 0 heterocycles. The quantitative estimate of drug-likeness (QED) is 0.866. The van der Waals surface area contributed by atoms with E-state index in [4.69, 9.17) is 11.6 Å². The molecule has 0 aliphatic carbocycles. The highest BCUT2D eigenvalue weighted by Crippen LogP contribution is 2.16. The number of carbonyl (C=O) groups is 1. The minimum absolute atomic E-state index is 0.316.